The molecule has 0 bridgehead atoms. The van der Waals surface area contributed by atoms with E-state index in [0.717, 1.165) is 36.0 Å². The highest BCUT2D eigenvalue weighted by molar-refractivity contribution is 5.48. The van der Waals surface area contributed by atoms with Crippen LogP contribution in [0.4, 0.5) is 11.4 Å². The van der Waals surface area contributed by atoms with Crippen LogP contribution >= 0.6 is 0 Å². The maximum absolute atomic E-state index is 5.79. The number of nitrogens with one attached hydrogen (secondary N) is 2. The molecule has 0 fully saturated rings. The lowest BCUT2D eigenvalue weighted by molar-refractivity contribution is 0.483. The molecule has 3 nitrogen and oxygen atoms in total. The number of hydrogen-bond acceptors (Lipinski definition) is 3. The van der Waals surface area contributed by atoms with Gasteiger partial charge in [0.25, 0.3) is 0 Å². The molecule has 0 spiro atoms. The zero-order valence-corrected chi connectivity index (χ0v) is 13.8. The summed E-state index contributed by atoms with van der Waals surface area (Å²) in [6.45, 7) is 3.82. The van der Waals surface area contributed by atoms with E-state index in [9.17, 15) is 0 Å². The van der Waals surface area contributed by atoms with Crippen molar-refractivity contribution in [1.29, 1.82) is 0 Å². The van der Waals surface area contributed by atoms with Crippen LogP contribution in [0.5, 0.6) is 11.5 Å². The minimum Gasteiger partial charge on any atom is -0.457 e. The summed E-state index contributed by atoms with van der Waals surface area (Å²) in [5, 5.41) is 6.82. The molecule has 0 aliphatic carbocycles. The molecule has 2 N–H and O–H groups in total. The highest BCUT2D eigenvalue weighted by Crippen LogP contribution is 2.22. The molecule has 0 saturated heterocycles. The topological polar surface area (TPSA) is 33.3 Å². The Morgan fingerprint density at radius 1 is 0.667 bits per heavy atom. The third-order valence-electron chi connectivity index (χ3n) is 3.63. The van der Waals surface area contributed by atoms with Gasteiger partial charge in [-0.1, -0.05) is 30.3 Å². The molecule has 3 aromatic carbocycles. The minimum atomic E-state index is 0.838. The van der Waals surface area contributed by atoms with Crippen LogP contribution in [0.2, 0.25) is 0 Å². The highest BCUT2D eigenvalue weighted by Gasteiger charge is 1.97. The van der Waals surface area contributed by atoms with Crippen molar-refractivity contribution >= 4 is 11.4 Å². The summed E-state index contributed by atoms with van der Waals surface area (Å²) in [5.41, 5.74) is 3.51. The van der Waals surface area contributed by atoms with E-state index in [-0.39, 0.29) is 0 Å². The lowest BCUT2D eigenvalue weighted by atomic mass is 10.2. The molecule has 0 aromatic heterocycles. The van der Waals surface area contributed by atoms with Crippen LogP contribution in [-0.2, 0) is 0 Å². The summed E-state index contributed by atoms with van der Waals surface area (Å²) < 4.78 is 5.79. The zero-order valence-electron chi connectivity index (χ0n) is 13.8. The Bertz CT molecular complexity index is 754. The van der Waals surface area contributed by atoms with E-state index in [0.29, 0.717) is 0 Å². The van der Waals surface area contributed by atoms with E-state index < -0.39 is 0 Å². The maximum Gasteiger partial charge on any atom is 0.127 e. The average Bonchev–Trinajstić information content (AvgIpc) is 2.61. The van der Waals surface area contributed by atoms with Gasteiger partial charge >= 0.3 is 0 Å². The molecular weight excluding hydrogens is 296 g/mol. The average molecular weight is 318 g/mol. The first-order valence-electron chi connectivity index (χ1n) is 8.17. The van der Waals surface area contributed by atoms with Gasteiger partial charge in [-0.25, -0.2) is 0 Å². The summed E-state index contributed by atoms with van der Waals surface area (Å²) in [6, 6.07) is 26.2. The fourth-order valence-corrected chi connectivity index (χ4v) is 2.43. The number of rotatable bonds is 7. The summed E-state index contributed by atoms with van der Waals surface area (Å²) in [6.07, 6.45) is 0. The first-order chi connectivity index (χ1) is 11.8. The van der Waals surface area contributed by atoms with Crippen molar-refractivity contribution in [1.82, 2.24) is 0 Å². The van der Waals surface area contributed by atoms with E-state index in [1.54, 1.807) is 0 Å². The monoisotopic (exact) mass is 318 g/mol. The molecule has 0 heterocycles. The van der Waals surface area contributed by atoms with Gasteiger partial charge in [-0.05, 0) is 61.0 Å². The van der Waals surface area contributed by atoms with Crippen LogP contribution in [-0.4, -0.2) is 13.1 Å². The van der Waals surface area contributed by atoms with Crippen molar-refractivity contribution in [2.75, 3.05) is 23.7 Å². The molecule has 0 amide bonds. The lowest BCUT2D eigenvalue weighted by Gasteiger charge is -2.10. The number of benzene rings is 3. The summed E-state index contributed by atoms with van der Waals surface area (Å²) in [7, 11) is 0. The van der Waals surface area contributed by atoms with Crippen molar-refractivity contribution in [3.8, 4) is 11.5 Å². The third-order valence-corrected chi connectivity index (χ3v) is 3.63. The van der Waals surface area contributed by atoms with Crippen LogP contribution in [0.3, 0.4) is 0 Å². The molecular formula is C21H22N2O. The van der Waals surface area contributed by atoms with Crippen LogP contribution in [0.15, 0.2) is 78.9 Å². The summed E-state index contributed by atoms with van der Waals surface area (Å²) in [5.74, 6) is 1.69. The van der Waals surface area contributed by atoms with E-state index in [4.69, 9.17) is 4.74 Å². The summed E-state index contributed by atoms with van der Waals surface area (Å²) in [4.78, 5) is 0. The molecule has 0 aliphatic rings. The molecule has 122 valence electrons. The Balaban J connectivity index is 1.44. The van der Waals surface area contributed by atoms with Crippen LogP contribution in [0, 0.1) is 6.92 Å². The molecule has 0 atom stereocenters. The zero-order chi connectivity index (χ0) is 16.6. The second kappa shape index (κ2) is 8.06. The normalized spacial score (nSPS) is 10.2. The predicted octanol–water partition coefficient (Wildman–Crippen LogP) is 5.31. The van der Waals surface area contributed by atoms with Gasteiger partial charge < -0.3 is 15.4 Å². The Labute approximate surface area is 143 Å². The molecule has 0 radical (unpaired) electrons. The maximum atomic E-state index is 5.79. The van der Waals surface area contributed by atoms with Gasteiger partial charge in [0.05, 0.1) is 0 Å². The number of ether oxygens (including phenoxy) is 1. The highest BCUT2D eigenvalue weighted by atomic mass is 16.5. The number of anilines is 2. The molecule has 0 aliphatic heterocycles. The minimum absolute atomic E-state index is 0.838. The standard InChI is InChI=1S/C21H22N2O/c1-17-6-5-7-19(16-17)23-15-14-22-18-10-12-21(13-11-18)24-20-8-3-2-4-9-20/h2-13,16,22-23H,14-15H2,1H3. The lowest BCUT2D eigenvalue weighted by Crippen LogP contribution is -2.13. The molecule has 3 rings (SSSR count). The third kappa shape index (κ3) is 4.78. The molecule has 0 unspecified atom stereocenters. The molecule has 3 heteroatoms. The predicted molar refractivity (Wildman–Crippen MR) is 101 cm³/mol. The van der Waals surface area contributed by atoms with Crippen molar-refractivity contribution in [2.45, 2.75) is 6.92 Å². The van der Waals surface area contributed by atoms with Crippen LogP contribution in [0.25, 0.3) is 0 Å². The second-order valence-corrected chi connectivity index (χ2v) is 5.66. The Morgan fingerprint density at radius 3 is 2.04 bits per heavy atom. The molecule has 0 saturated carbocycles. The molecule has 3 aromatic rings. The van der Waals surface area contributed by atoms with Crippen molar-refractivity contribution in [3.63, 3.8) is 0 Å². The Morgan fingerprint density at radius 2 is 1.33 bits per heavy atom. The van der Waals surface area contributed by atoms with Gasteiger partial charge in [-0.15, -0.1) is 0 Å². The fourth-order valence-electron chi connectivity index (χ4n) is 2.43. The van der Waals surface area contributed by atoms with E-state index in [1.807, 2.05) is 54.6 Å². The van der Waals surface area contributed by atoms with Crippen LogP contribution in [0.1, 0.15) is 5.56 Å². The Hall–Kier alpha value is -2.94. The first-order valence-corrected chi connectivity index (χ1v) is 8.17. The van der Waals surface area contributed by atoms with Gasteiger partial charge in [-0.2, -0.15) is 0 Å². The molecule has 24 heavy (non-hydrogen) atoms. The van der Waals surface area contributed by atoms with Gasteiger partial charge in [0.1, 0.15) is 11.5 Å². The van der Waals surface area contributed by atoms with Gasteiger partial charge in [0.15, 0.2) is 0 Å². The second-order valence-electron chi connectivity index (χ2n) is 5.66. The number of aryl methyl sites for hydroxylation is 1. The van der Waals surface area contributed by atoms with Crippen LogP contribution < -0.4 is 15.4 Å². The number of para-hydroxylation sites is 1. The first kappa shape index (κ1) is 15.9. The largest absolute Gasteiger partial charge is 0.457 e. The van der Waals surface area contributed by atoms with Gasteiger partial charge in [0.2, 0.25) is 0 Å². The van der Waals surface area contributed by atoms with E-state index in [2.05, 4.69) is 41.8 Å². The quantitative estimate of drug-likeness (QED) is 0.579. The van der Waals surface area contributed by atoms with Gasteiger partial charge in [0, 0.05) is 24.5 Å². The van der Waals surface area contributed by atoms with Crippen molar-refractivity contribution < 1.29 is 4.74 Å². The van der Waals surface area contributed by atoms with Crippen molar-refractivity contribution in [3.05, 3.63) is 84.4 Å². The SMILES string of the molecule is Cc1cccc(NCCNc2ccc(Oc3ccccc3)cc2)c1. The Kier molecular flexibility index (Phi) is 5.36. The fraction of sp³-hybridized carbons (Fsp3) is 0.143. The number of hydrogen-bond donors (Lipinski definition) is 2. The van der Waals surface area contributed by atoms with Crippen molar-refractivity contribution in [2.24, 2.45) is 0 Å². The van der Waals surface area contributed by atoms with E-state index >= 15 is 0 Å². The summed E-state index contributed by atoms with van der Waals surface area (Å²) >= 11 is 0. The van der Waals surface area contributed by atoms with E-state index in [1.165, 1.54) is 5.56 Å². The smallest absolute Gasteiger partial charge is 0.127 e. The van der Waals surface area contributed by atoms with Gasteiger partial charge in [-0.3, -0.25) is 0 Å².